The van der Waals surface area contributed by atoms with Gasteiger partial charge in [-0.25, -0.2) is 9.59 Å². The fraction of sp³-hybridized carbons (Fsp3) is 0.455. The first kappa shape index (κ1) is 24.0. The number of thioether (sulfide) groups is 1. The number of ether oxygens (including phenoxy) is 1. The average Bonchev–Trinajstić information content (AvgIpc) is 2.85. The largest absolute Gasteiger partial charge is 0.477 e. The minimum absolute atomic E-state index is 0.196. The van der Waals surface area contributed by atoms with Gasteiger partial charge < -0.3 is 30.7 Å². The zero-order valence-electron chi connectivity index (χ0n) is 18.7. The molecule has 4 rings (SSSR count). The number of carboxylic acids is 1. The molecule has 11 nitrogen and oxygen atoms in total. The first-order valence-corrected chi connectivity index (χ1v) is 11.9. The Balaban J connectivity index is 1.39. The van der Waals surface area contributed by atoms with Crippen molar-refractivity contribution in [1.82, 2.24) is 20.0 Å². The van der Waals surface area contributed by atoms with E-state index in [2.05, 4.69) is 10.2 Å². The van der Waals surface area contributed by atoms with Gasteiger partial charge in [-0.3, -0.25) is 14.5 Å². The van der Waals surface area contributed by atoms with Gasteiger partial charge in [0.1, 0.15) is 29.8 Å². The van der Waals surface area contributed by atoms with Crippen LogP contribution in [0.25, 0.3) is 0 Å². The quantitative estimate of drug-likeness (QED) is 0.463. The Morgan fingerprint density at radius 3 is 2.53 bits per heavy atom. The topological polar surface area (TPSA) is 146 Å². The van der Waals surface area contributed by atoms with Gasteiger partial charge in [0, 0.05) is 37.5 Å². The van der Waals surface area contributed by atoms with E-state index in [9.17, 15) is 24.3 Å². The highest BCUT2D eigenvalue weighted by Crippen LogP contribution is 2.40. The number of amides is 3. The van der Waals surface area contributed by atoms with Crippen LogP contribution in [0.2, 0.25) is 0 Å². The lowest BCUT2D eigenvalue weighted by molar-refractivity contribution is -0.151. The van der Waals surface area contributed by atoms with Gasteiger partial charge in [0.2, 0.25) is 5.91 Å². The third-order valence-corrected chi connectivity index (χ3v) is 7.46. The van der Waals surface area contributed by atoms with Crippen LogP contribution in [0.4, 0.5) is 4.79 Å². The summed E-state index contributed by atoms with van der Waals surface area (Å²) < 4.78 is 5.36. The number of hydrogen-bond donors (Lipinski definition) is 3. The summed E-state index contributed by atoms with van der Waals surface area (Å²) in [7, 11) is 1.97. The predicted molar refractivity (Wildman–Crippen MR) is 123 cm³/mol. The second-order valence-electron chi connectivity index (χ2n) is 8.39. The van der Waals surface area contributed by atoms with Crippen LogP contribution in [0.5, 0.6) is 0 Å². The highest BCUT2D eigenvalue weighted by Gasteiger charge is 2.54. The molecule has 3 heterocycles. The molecule has 2 fully saturated rings. The molecule has 1 aromatic rings. The van der Waals surface area contributed by atoms with E-state index in [1.807, 2.05) is 7.05 Å². The smallest absolute Gasteiger partial charge is 0.410 e. The van der Waals surface area contributed by atoms with Crippen molar-refractivity contribution in [2.24, 2.45) is 5.73 Å². The molecule has 0 aromatic heterocycles. The number of nitrogens with two attached hydrogens (primary N) is 1. The van der Waals surface area contributed by atoms with Crippen LogP contribution in [-0.4, -0.2) is 101 Å². The van der Waals surface area contributed by atoms with Crippen LogP contribution in [0, 0.1) is 0 Å². The number of carbonyl (C=O) groups is 4. The summed E-state index contributed by atoms with van der Waals surface area (Å²) in [4.78, 5) is 54.6. The number of nitrogens with zero attached hydrogens (tertiary/aromatic N) is 3. The van der Waals surface area contributed by atoms with Crippen molar-refractivity contribution >= 4 is 35.6 Å². The molecule has 0 saturated carbocycles. The third-order valence-electron chi connectivity index (χ3n) is 6.12. The molecule has 0 aliphatic carbocycles. The van der Waals surface area contributed by atoms with E-state index in [1.54, 1.807) is 35.2 Å². The highest BCUT2D eigenvalue weighted by atomic mass is 32.2. The minimum Gasteiger partial charge on any atom is -0.477 e. The van der Waals surface area contributed by atoms with Gasteiger partial charge in [0.25, 0.3) is 5.91 Å². The van der Waals surface area contributed by atoms with Crippen molar-refractivity contribution in [1.29, 1.82) is 0 Å². The van der Waals surface area contributed by atoms with Gasteiger partial charge in [-0.15, -0.1) is 11.8 Å². The second kappa shape index (κ2) is 10.0. The molecular weight excluding hydrogens is 462 g/mol. The molecule has 34 heavy (non-hydrogen) atoms. The Kier molecular flexibility index (Phi) is 7.10. The standard InChI is InChI=1S/C22H27N5O6S/c1-25-7-9-26(10-8-25)22(32)33-11-14-12-34-20-16(19(29)27(20)17(14)21(30)31)24-18(28)15(23)13-5-3-2-4-6-13/h2-6,15-16,20H,7-12,23H2,1H3,(H,24,28)(H,30,31)/t15-,16?,20-/m0/s1. The molecule has 1 aromatic carbocycles. The first-order chi connectivity index (χ1) is 16.3. The van der Waals surface area contributed by atoms with Crippen molar-refractivity contribution < 1.29 is 29.0 Å². The van der Waals surface area contributed by atoms with Crippen molar-refractivity contribution in [3.8, 4) is 0 Å². The van der Waals surface area contributed by atoms with E-state index in [-0.39, 0.29) is 18.1 Å². The second-order valence-corrected chi connectivity index (χ2v) is 9.49. The SMILES string of the molecule is CN1CCN(C(=O)OCC2=C(C(=O)O)N3C(=O)C(NC(=O)[C@@H](N)c4ccccc4)[C@@H]3SC2)CC1. The lowest BCUT2D eigenvalue weighted by atomic mass is 10.0. The minimum atomic E-state index is -1.28. The monoisotopic (exact) mass is 489 g/mol. The summed E-state index contributed by atoms with van der Waals surface area (Å²) in [6.45, 7) is 2.33. The summed E-state index contributed by atoms with van der Waals surface area (Å²) in [5.41, 5.74) is 6.76. The van der Waals surface area contributed by atoms with Crippen molar-refractivity contribution in [2.75, 3.05) is 45.6 Å². The number of carboxylic acid groups (broad SMARTS) is 1. The van der Waals surface area contributed by atoms with E-state index in [1.165, 1.54) is 11.8 Å². The van der Waals surface area contributed by atoms with Crippen molar-refractivity contribution in [3.63, 3.8) is 0 Å². The number of β-lactam (4-membered cyclic amide) rings is 1. The maximum Gasteiger partial charge on any atom is 0.410 e. The number of fused-ring (bicyclic) bond motifs is 1. The van der Waals surface area contributed by atoms with Gasteiger partial charge in [0.15, 0.2) is 0 Å². The molecule has 3 aliphatic rings. The molecule has 0 bridgehead atoms. The molecule has 4 N–H and O–H groups in total. The van der Waals surface area contributed by atoms with Gasteiger partial charge >= 0.3 is 12.1 Å². The van der Waals surface area contributed by atoms with Crippen LogP contribution < -0.4 is 11.1 Å². The lowest BCUT2D eigenvalue weighted by Crippen LogP contribution is -2.71. The first-order valence-electron chi connectivity index (χ1n) is 10.9. The highest BCUT2D eigenvalue weighted by molar-refractivity contribution is 8.00. The number of benzene rings is 1. The number of likely N-dealkylation sites (N-methyl/N-ethyl adjacent to an activating group) is 1. The number of nitrogens with one attached hydrogen (secondary N) is 1. The van der Waals surface area contributed by atoms with E-state index >= 15 is 0 Å². The number of aliphatic carboxylic acids is 1. The van der Waals surface area contributed by atoms with Crippen LogP contribution in [0.3, 0.4) is 0 Å². The van der Waals surface area contributed by atoms with E-state index in [0.717, 1.165) is 18.0 Å². The molecule has 3 aliphatic heterocycles. The van der Waals surface area contributed by atoms with Crippen LogP contribution >= 0.6 is 11.8 Å². The molecule has 12 heteroatoms. The maximum absolute atomic E-state index is 12.8. The number of carbonyl (C=O) groups excluding carboxylic acids is 3. The Bertz CT molecular complexity index is 1010. The van der Waals surface area contributed by atoms with Gasteiger partial charge in [-0.05, 0) is 12.6 Å². The average molecular weight is 490 g/mol. The predicted octanol–water partition coefficient (Wildman–Crippen LogP) is -0.191. The molecule has 182 valence electrons. The molecule has 1 unspecified atom stereocenters. The van der Waals surface area contributed by atoms with Crippen LogP contribution in [0.15, 0.2) is 41.6 Å². The van der Waals surface area contributed by atoms with Crippen LogP contribution in [-0.2, 0) is 19.1 Å². The Hall–Kier alpha value is -3.09. The zero-order chi connectivity index (χ0) is 24.4. The summed E-state index contributed by atoms with van der Waals surface area (Å²) in [5, 5.41) is 11.9. The van der Waals surface area contributed by atoms with Gasteiger partial charge in [-0.1, -0.05) is 30.3 Å². The Morgan fingerprint density at radius 1 is 1.21 bits per heavy atom. The van der Waals surface area contributed by atoms with E-state index in [4.69, 9.17) is 10.5 Å². The van der Waals surface area contributed by atoms with Gasteiger partial charge in [0.05, 0.1) is 0 Å². The summed E-state index contributed by atoms with van der Waals surface area (Å²) in [6.07, 6.45) is -0.507. The normalized spacial score (nSPS) is 23.6. The molecular formula is C22H27N5O6S. The van der Waals surface area contributed by atoms with Crippen molar-refractivity contribution in [3.05, 3.63) is 47.2 Å². The number of hydrogen-bond acceptors (Lipinski definition) is 8. The van der Waals surface area contributed by atoms with Crippen molar-refractivity contribution in [2.45, 2.75) is 17.5 Å². The number of piperazine rings is 1. The summed E-state index contributed by atoms with van der Waals surface area (Å²) in [5.74, 6) is -2.08. The molecule has 0 radical (unpaired) electrons. The van der Waals surface area contributed by atoms with Crippen LogP contribution in [0.1, 0.15) is 11.6 Å². The molecule has 0 spiro atoms. The van der Waals surface area contributed by atoms with Gasteiger partial charge in [-0.2, -0.15) is 0 Å². The molecule has 2 saturated heterocycles. The summed E-state index contributed by atoms with van der Waals surface area (Å²) >= 11 is 1.31. The number of rotatable bonds is 6. The zero-order valence-corrected chi connectivity index (χ0v) is 19.5. The third kappa shape index (κ3) is 4.74. The lowest BCUT2D eigenvalue weighted by Gasteiger charge is -2.49. The van der Waals surface area contributed by atoms with E-state index < -0.39 is 41.3 Å². The van der Waals surface area contributed by atoms with E-state index in [0.29, 0.717) is 24.2 Å². The fourth-order valence-corrected chi connectivity index (χ4v) is 5.41. The molecule has 3 atom stereocenters. The Morgan fingerprint density at radius 2 is 1.88 bits per heavy atom. The maximum atomic E-state index is 12.8. The molecule has 3 amide bonds. The Labute approximate surface area is 200 Å². The summed E-state index contributed by atoms with van der Waals surface area (Å²) in [6, 6.07) is 6.94. The fourth-order valence-electron chi connectivity index (χ4n) is 4.08.